The van der Waals surface area contributed by atoms with Crippen LogP contribution in [-0.2, 0) is 0 Å². The van der Waals surface area contributed by atoms with Crippen LogP contribution >= 0.6 is 0 Å². The fraction of sp³-hybridized carbons (Fsp3) is 0.647. The zero-order chi connectivity index (χ0) is 14.5. The molecule has 1 heterocycles. The van der Waals surface area contributed by atoms with Gasteiger partial charge in [0.25, 0.3) is 0 Å². The van der Waals surface area contributed by atoms with Gasteiger partial charge in [0, 0.05) is 12.6 Å². The maximum atomic E-state index is 6.05. The van der Waals surface area contributed by atoms with Crippen molar-refractivity contribution in [2.45, 2.75) is 39.2 Å². The second-order valence-corrected chi connectivity index (χ2v) is 5.87. The van der Waals surface area contributed by atoms with E-state index in [1.165, 1.54) is 43.5 Å². The number of methoxy groups -OCH3 is 1. The lowest BCUT2D eigenvalue weighted by molar-refractivity contribution is 0.134. The Morgan fingerprint density at radius 3 is 2.55 bits per heavy atom. The van der Waals surface area contributed by atoms with E-state index in [4.69, 9.17) is 10.5 Å². The van der Waals surface area contributed by atoms with Crippen LogP contribution in [0.3, 0.4) is 0 Å². The van der Waals surface area contributed by atoms with E-state index in [1.807, 2.05) is 0 Å². The first-order valence-electron chi connectivity index (χ1n) is 7.78. The van der Waals surface area contributed by atoms with Crippen molar-refractivity contribution in [2.24, 2.45) is 11.7 Å². The number of nitrogens with zero attached hydrogens (tertiary/aromatic N) is 1. The van der Waals surface area contributed by atoms with Crippen molar-refractivity contribution in [2.75, 3.05) is 26.7 Å². The van der Waals surface area contributed by atoms with Gasteiger partial charge in [-0.25, -0.2) is 0 Å². The predicted octanol–water partition coefficient (Wildman–Crippen LogP) is 3.13. The molecule has 2 rings (SSSR count). The maximum absolute atomic E-state index is 6.05. The van der Waals surface area contributed by atoms with Crippen LogP contribution in [-0.4, -0.2) is 31.6 Å². The minimum absolute atomic E-state index is 0.345. The van der Waals surface area contributed by atoms with Crippen molar-refractivity contribution >= 4 is 0 Å². The van der Waals surface area contributed by atoms with Gasteiger partial charge in [-0.3, -0.25) is 4.90 Å². The summed E-state index contributed by atoms with van der Waals surface area (Å²) in [6.07, 6.45) is 3.92. The summed E-state index contributed by atoms with van der Waals surface area (Å²) in [5, 5.41) is 0. The first-order chi connectivity index (χ1) is 9.69. The summed E-state index contributed by atoms with van der Waals surface area (Å²) in [4.78, 5) is 2.55. The Labute approximate surface area is 123 Å². The van der Waals surface area contributed by atoms with Crippen LogP contribution in [0.4, 0.5) is 0 Å². The van der Waals surface area contributed by atoms with Gasteiger partial charge >= 0.3 is 0 Å². The van der Waals surface area contributed by atoms with Crippen molar-refractivity contribution in [3.63, 3.8) is 0 Å². The van der Waals surface area contributed by atoms with E-state index in [-0.39, 0.29) is 0 Å². The molecule has 1 aliphatic rings. The van der Waals surface area contributed by atoms with Crippen LogP contribution in [0, 0.1) is 12.8 Å². The van der Waals surface area contributed by atoms with Crippen molar-refractivity contribution in [3.8, 4) is 5.75 Å². The summed E-state index contributed by atoms with van der Waals surface area (Å²) in [5.41, 5.74) is 8.56. The summed E-state index contributed by atoms with van der Waals surface area (Å²) in [5.74, 6) is 1.86. The SMILES string of the molecule is CCC1CCN(C(CN)c2ccc(OC)c(C)c2)CC1. The number of hydrogen-bond donors (Lipinski definition) is 1. The molecular weight excluding hydrogens is 248 g/mol. The Kier molecular flexibility index (Phi) is 5.44. The highest BCUT2D eigenvalue weighted by Gasteiger charge is 2.24. The highest BCUT2D eigenvalue weighted by atomic mass is 16.5. The van der Waals surface area contributed by atoms with Crippen LogP contribution in [0.25, 0.3) is 0 Å². The first kappa shape index (κ1) is 15.3. The Bertz CT molecular complexity index is 425. The molecule has 112 valence electrons. The zero-order valence-corrected chi connectivity index (χ0v) is 13.1. The Morgan fingerprint density at radius 1 is 1.35 bits per heavy atom. The van der Waals surface area contributed by atoms with Gasteiger partial charge in [0.1, 0.15) is 5.75 Å². The molecule has 0 bridgehead atoms. The van der Waals surface area contributed by atoms with E-state index in [9.17, 15) is 0 Å². The number of hydrogen-bond acceptors (Lipinski definition) is 3. The third-order valence-corrected chi connectivity index (χ3v) is 4.69. The molecule has 1 saturated heterocycles. The fourth-order valence-electron chi connectivity index (χ4n) is 3.28. The summed E-state index contributed by atoms with van der Waals surface area (Å²) >= 11 is 0. The average molecular weight is 276 g/mol. The zero-order valence-electron chi connectivity index (χ0n) is 13.1. The first-order valence-corrected chi connectivity index (χ1v) is 7.78. The third kappa shape index (κ3) is 3.33. The average Bonchev–Trinajstić information content (AvgIpc) is 2.49. The van der Waals surface area contributed by atoms with Gasteiger partial charge in [0.2, 0.25) is 0 Å². The number of benzene rings is 1. The fourth-order valence-corrected chi connectivity index (χ4v) is 3.28. The molecule has 20 heavy (non-hydrogen) atoms. The molecule has 1 fully saturated rings. The van der Waals surface area contributed by atoms with Crippen molar-refractivity contribution in [3.05, 3.63) is 29.3 Å². The lowest BCUT2D eigenvalue weighted by Crippen LogP contribution is -2.39. The Balaban J connectivity index is 2.10. The van der Waals surface area contributed by atoms with Crippen LogP contribution in [0.2, 0.25) is 0 Å². The lowest BCUT2D eigenvalue weighted by Gasteiger charge is -2.37. The number of aryl methyl sites for hydroxylation is 1. The molecule has 0 saturated carbocycles. The summed E-state index contributed by atoms with van der Waals surface area (Å²) in [6, 6.07) is 6.79. The largest absolute Gasteiger partial charge is 0.496 e. The van der Waals surface area contributed by atoms with Gasteiger partial charge in [-0.05, 0) is 56.0 Å². The van der Waals surface area contributed by atoms with Crippen molar-refractivity contribution in [1.82, 2.24) is 4.90 Å². The highest BCUT2D eigenvalue weighted by Crippen LogP contribution is 2.29. The molecule has 1 atom stereocenters. The second-order valence-electron chi connectivity index (χ2n) is 5.87. The smallest absolute Gasteiger partial charge is 0.121 e. The molecule has 0 aromatic heterocycles. The third-order valence-electron chi connectivity index (χ3n) is 4.69. The molecule has 1 unspecified atom stereocenters. The number of likely N-dealkylation sites (tertiary alicyclic amines) is 1. The molecule has 3 nitrogen and oxygen atoms in total. The van der Waals surface area contributed by atoms with Crippen LogP contribution in [0.1, 0.15) is 43.4 Å². The second kappa shape index (κ2) is 7.09. The van der Waals surface area contributed by atoms with Gasteiger partial charge < -0.3 is 10.5 Å². The molecule has 0 amide bonds. The molecule has 1 aromatic rings. The number of ether oxygens (including phenoxy) is 1. The minimum atomic E-state index is 0.345. The number of piperidine rings is 1. The summed E-state index contributed by atoms with van der Waals surface area (Å²) < 4.78 is 5.34. The van der Waals surface area contributed by atoms with Gasteiger partial charge in [0.15, 0.2) is 0 Å². The molecule has 0 aliphatic carbocycles. The normalized spacial score (nSPS) is 19.0. The van der Waals surface area contributed by atoms with Crippen LogP contribution in [0.15, 0.2) is 18.2 Å². The predicted molar refractivity (Wildman–Crippen MR) is 84.1 cm³/mol. The molecule has 2 N–H and O–H groups in total. The molecule has 1 aliphatic heterocycles. The quantitative estimate of drug-likeness (QED) is 0.898. The standard InChI is InChI=1S/C17H28N2O/c1-4-14-7-9-19(10-8-14)16(12-18)15-5-6-17(20-3)13(2)11-15/h5-6,11,14,16H,4,7-10,12,18H2,1-3H3. The van der Waals surface area contributed by atoms with Gasteiger partial charge in [-0.15, -0.1) is 0 Å². The minimum Gasteiger partial charge on any atom is -0.496 e. The van der Waals surface area contributed by atoms with E-state index < -0.39 is 0 Å². The van der Waals surface area contributed by atoms with Gasteiger partial charge in [0.05, 0.1) is 7.11 Å². The monoisotopic (exact) mass is 276 g/mol. The Hall–Kier alpha value is -1.06. The van der Waals surface area contributed by atoms with Crippen LogP contribution in [0.5, 0.6) is 5.75 Å². The van der Waals surface area contributed by atoms with Crippen LogP contribution < -0.4 is 10.5 Å². The molecular formula is C17H28N2O. The molecule has 0 radical (unpaired) electrons. The highest BCUT2D eigenvalue weighted by molar-refractivity contribution is 5.37. The maximum Gasteiger partial charge on any atom is 0.121 e. The molecule has 1 aromatic carbocycles. The van der Waals surface area contributed by atoms with Crippen molar-refractivity contribution < 1.29 is 4.74 Å². The summed E-state index contributed by atoms with van der Waals surface area (Å²) in [6.45, 7) is 7.42. The number of rotatable bonds is 5. The van der Waals surface area contributed by atoms with E-state index >= 15 is 0 Å². The van der Waals surface area contributed by atoms with E-state index in [1.54, 1.807) is 7.11 Å². The van der Waals surface area contributed by atoms with E-state index in [0.29, 0.717) is 12.6 Å². The molecule has 0 spiro atoms. The summed E-state index contributed by atoms with van der Waals surface area (Å²) in [7, 11) is 1.72. The topological polar surface area (TPSA) is 38.5 Å². The van der Waals surface area contributed by atoms with Crippen molar-refractivity contribution in [1.29, 1.82) is 0 Å². The van der Waals surface area contributed by atoms with Gasteiger partial charge in [-0.1, -0.05) is 25.5 Å². The Morgan fingerprint density at radius 2 is 2.05 bits per heavy atom. The van der Waals surface area contributed by atoms with E-state index in [0.717, 1.165) is 11.7 Å². The lowest BCUT2D eigenvalue weighted by atomic mass is 9.92. The number of nitrogens with two attached hydrogens (primary N) is 1. The van der Waals surface area contributed by atoms with E-state index in [2.05, 4.69) is 36.9 Å². The van der Waals surface area contributed by atoms with Gasteiger partial charge in [-0.2, -0.15) is 0 Å². The molecule has 3 heteroatoms.